The van der Waals surface area contributed by atoms with E-state index in [9.17, 15) is 13.5 Å². The van der Waals surface area contributed by atoms with E-state index in [2.05, 4.69) is 0 Å². The van der Waals surface area contributed by atoms with Gasteiger partial charge in [-0.2, -0.15) is 0 Å². The van der Waals surface area contributed by atoms with Gasteiger partial charge in [-0.1, -0.05) is 32.0 Å². The summed E-state index contributed by atoms with van der Waals surface area (Å²) in [6, 6.07) is 8.48. The number of hydrogen-bond acceptors (Lipinski definition) is 3. The normalized spacial score (nSPS) is 25.9. The summed E-state index contributed by atoms with van der Waals surface area (Å²) in [5, 5.41) is 9.48. The van der Waals surface area contributed by atoms with Gasteiger partial charge >= 0.3 is 0 Å². The molecule has 1 saturated carbocycles. The van der Waals surface area contributed by atoms with Crippen LogP contribution in [0.15, 0.2) is 35.2 Å². The zero-order valence-corrected chi connectivity index (χ0v) is 10.9. The highest BCUT2D eigenvalue weighted by molar-refractivity contribution is 7.92. The van der Waals surface area contributed by atoms with Gasteiger partial charge in [-0.05, 0) is 24.5 Å². The molecule has 1 fully saturated rings. The van der Waals surface area contributed by atoms with Gasteiger partial charge in [0.25, 0.3) is 0 Å². The van der Waals surface area contributed by atoms with Crippen molar-refractivity contribution in [1.82, 2.24) is 0 Å². The quantitative estimate of drug-likeness (QED) is 0.892. The van der Waals surface area contributed by atoms with E-state index in [-0.39, 0.29) is 11.8 Å². The highest BCUT2D eigenvalue weighted by atomic mass is 32.2. The molecular weight excluding hydrogens is 236 g/mol. The van der Waals surface area contributed by atoms with Crippen LogP contribution in [0.25, 0.3) is 0 Å². The standard InChI is InChI=1S/C13H18O3S/c1-9(2)13(14)11-8-12(11)17(15,16)10-6-4-3-5-7-10/h3-7,9,11-14H,8H2,1-2H3. The van der Waals surface area contributed by atoms with E-state index in [4.69, 9.17) is 0 Å². The second kappa shape index (κ2) is 4.42. The number of rotatable bonds is 4. The first-order chi connectivity index (χ1) is 7.94. The molecule has 1 aliphatic carbocycles. The predicted octanol–water partition coefficient (Wildman–Crippen LogP) is 1.87. The molecule has 0 aliphatic heterocycles. The fourth-order valence-electron chi connectivity index (χ4n) is 2.19. The lowest BCUT2D eigenvalue weighted by Gasteiger charge is -2.14. The van der Waals surface area contributed by atoms with Gasteiger partial charge in [-0.3, -0.25) is 0 Å². The van der Waals surface area contributed by atoms with Crippen LogP contribution in [0, 0.1) is 11.8 Å². The molecule has 1 aromatic carbocycles. The zero-order valence-electron chi connectivity index (χ0n) is 10.1. The Kier molecular flexibility index (Phi) is 3.27. The molecule has 0 spiro atoms. The molecule has 1 aromatic rings. The Morgan fingerprint density at radius 2 is 1.82 bits per heavy atom. The van der Waals surface area contributed by atoms with Crippen molar-refractivity contribution in [3.05, 3.63) is 30.3 Å². The van der Waals surface area contributed by atoms with Gasteiger partial charge in [-0.15, -0.1) is 0 Å². The van der Waals surface area contributed by atoms with Gasteiger partial charge in [0.1, 0.15) is 0 Å². The van der Waals surface area contributed by atoms with Crippen molar-refractivity contribution >= 4 is 9.84 Å². The largest absolute Gasteiger partial charge is 0.393 e. The number of benzene rings is 1. The van der Waals surface area contributed by atoms with Crippen LogP contribution in [-0.4, -0.2) is 24.9 Å². The maximum atomic E-state index is 12.2. The van der Waals surface area contributed by atoms with Crippen molar-refractivity contribution < 1.29 is 13.5 Å². The molecule has 1 N–H and O–H groups in total. The van der Waals surface area contributed by atoms with Gasteiger partial charge in [0, 0.05) is 5.92 Å². The first-order valence-electron chi connectivity index (χ1n) is 5.91. The van der Waals surface area contributed by atoms with Gasteiger partial charge < -0.3 is 5.11 Å². The molecule has 0 bridgehead atoms. The summed E-state index contributed by atoms with van der Waals surface area (Å²) >= 11 is 0. The molecule has 0 aromatic heterocycles. The Hall–Kier alpha value is -0.870. The highest BCUT2D eigenvalue weighted by Crippen LogP contribution is 2.44. The molecule has 0 amide bonds. The van der Waals surface area contributed by atoms with Gasteiger partial charge in [0.05, 0.1) is 16.2 Å². The molecule has 3 unspecified atom stereocenters. The third-order valence-electron chi connectivity index (χ3n) is 3.37. The Morgan fingerprint density at radius 3 is 2.35 bits per heavy atom. The van der Waals surface area contributed by atoms with E-state index in [1.807, 2.05) is 13.8 Å². The van der Waals surface area contributed by atoms with Crippen LogP contribution in [0.1, 0.15) is 20.3 Å². The van der Waals surface area contributed by atoms with Gasteiger partial charge in [0.2, 0.25) is 0 Å². The van der Waals surface area contributed by atoms with E-state index in [0.29, 0.717) is 11.3 Å². The minimum absolute atomic E-state index is 0.0970. The maximum Gasteiger partial charge on any atom is 0.181 e. The van der Waals surface area contributed by atoms with Crippen LogP contribution in [0.2, 0.25) is 0 Å². The topological polar surface area (TPSA) is 54.4 Å². The fraction of sp³-hybridized carbons (Fsp3) is 0.538. The number of aliphatic hydroxyl groups excluding tert-OH is 1. The van der Waals surface area contributed by atoms with Crippen LogP contribution in [0.4, 0.5) is 0 Å². The molecule has 17 heavy (non-hydrogen) atoms. The number of sulfone groups is 1. The molecule has 1 aliphatic rings. The van der Waals surface area contributed by atoms with Crippen molar-refractivity contribution in [3.8, 4) is 0 Å². The Morgan fingerprint density at radius 1 is 1.24 bits per heavy atom. The second-order valence-electron chi connectivity index (χ2n) is 5.03. The molecule has 0 heterocycles. The molecule has 94 valence electrons. The molecule has 2 rings (SSSR count). The Labute approximate surface area is 102 Å². The molecule has 0 radical (unpaired) electrons. The molecule has 3 nitrogen and oxygen atoms in total. The molecule has 4 heteroatoms. The van der Waals surface area contributed by atoms with Gasteiger partial charge in [-0.25, -0.2) is 8.42 Å². The van der Waals surface area contributed by atoms with Crippen LogP contribution < -0.4 is 0 Å². The zero-order chi connectivity index (χ0) is 12.6. The van der Waals surface area contributed by atoms with E-state index in [0.717, 1.165) is 0 Å². The lowest BCUT2D eigenvalue weighted by Crippen LogP contribution is -2.22. The number of hydrogen-bond donors (Lipinski definition) is 1. The van der Waals surface area contributed by atoms with Crippen LogP contribution >= 0.6 is 0 Å². The summed E-state index contributed by atoms with van der Waals surface area (Å²) in [5.41, 5.74) is 0. The summed E-state index contributed by atoms with van der Waals surface area (Å²) in [4.78, 5) is 0.364. The van der Waals surface area contributed by atoms with Crippen molar-refractivity contribution in [2.45, 2.75) is 36.5 Å². The average Bonchev–Trinajstić information content (AvgIpc) is 3.09. The van der Waals surface area contributed by atoms with Crippen molar-refractivity contribution in [1.29, 1.82) is 0 Å². The molecule has 0 saturated heterocycles. The maximum absolute atomic E-state index is 12.2. The first-order valence-corrected chi connectivity index (χ1v) is 7.46. The Balaban J connectivity index is 2.16. The summed E-state index contributed by atoms with van der Waals surface area (Å²) < 4.78 is 24.4. The van der Waals surface area contributed by atoms with Crippen LogP contribution in [0.3, 0.4) is 0 Å². The molecular formula is C13H18O3S. The lowest BCUT2D eigenvalue weighted by atomic mass is 10.0. The van der Waals surface area contributed by atoms with Crippen molar-refractivity contribution in [2.24, 2.45) is 11.8 Å². The van der Waals surface area contributed by atoms with E-state index < -0.39 is 21.2 Å². The predicted molar refractivity (Wildman–Crippen MR) is 66.4 cm³/mol. The van der Waals surface area contributed by atoms with E-state index >= 15 is 0 Å². The summed E-state index contributed by atoms with van der Waals surface area (Å²) in [6.45, 7) is 3.82. The van der Waals surface area contributed by atoms with E-state index in [1.54, 1.807) is 30.3 Å². The third-order valence-corrected chi connectivity index (χ3v) is 5.64. The minimum atomic E-state index is -3.25. The summed E-state index contributed by atoms with van der Waals surface area (Å²) in [6.07, 6.45) is 0.0646. The summed E-state index contributed by atoms with van der Waals surface area (Å²) in [7, 11) is -3.25. The van der Waals surface area contributed by atoms with Crippen LogP contribution in [0.5, 0.6) is 0 Å². The SMILES string of the molecule is CC(C)C(O)C1CC1S(=O)(=O)c1ccccc1. The Bertz CT molecular complexity index is 479. The average molecular weight is 254 g/mol. The summed E-state index contributed by atoms with van der Waals surface area (Å²) in [5.74, 6) is 0.0104. The fourth-order valence-corrected chi connectivity index (χ4v) is 4.17. The third kappa shape index (κ3) is 2.38. The monoisotopic (exact) mass is 254 g/mol. The van der Waals surface area contributed by atoms with Crippen molar-refractivity contribution in [2.75, 3.05) is 0 Å². The van der Waals surface area contributed by atoms with Gasteiger partial charge in [0.15, 0.2) is 9.84 Å². The second-order valence-corrected chi connectivity index (χ2v) is 7.20. The smallest absolute Gasteiger partial charge is 0.181 e. The lowest BCUT2D eigenvalue weighted by molar-refractivity contribution is 0.104. The highest BCUT2D eigenvalue weighted by Gasteiger charge is 2.51. The number of aliphatic hydroxyl groups is 1. The van der Waals surface area contributed by atoms with Crippen molar-refractivity contribution in [3.63, 3.8) is 0 Å². The van der Waals surface area contributed by atoms with Crippen LogP contribution in [-0.2, 0) is 9.84 Å². The molecule has 3 atom stereocenters. The minimum Gasteiger partial charge on any atom is -0.393 e. The first kappa shape index (κ1) is 12.6. The van der Waals surface area contributed by atoms with E-state index in [1.165, 1.54) is 0 Å².